The first-order chi connectivity index (χ1) is 9.60. The first-order valence-electron chi connectivity index (χ1n) is 7.07. The Bertz CT molecular complexity index is 611. The van der Waals surface area contributed by atoms with Crippen molar-refractivity contribution in [2.24, 2.45) is 0 Å². The molecule has 1 aliphatic rings. The molecule has 0 saturated carbocycles. The molecule has 0 fully saturated rings. The Morgan fingerprint density at radius 1 is 1.00 bits per heavy atom. The summed E-state index contributed by atoms with van der Waals surface area (Å²) in [6.45, 7) is 6.88. The first-order valence-corrected chi connectivity index (χ1v) is 7.07. The van der Waals surface area contributed by atoms with Crippen LogP contribution >= 0.6 is 0 Å². The Morgan fingerprint density at radius 3 is 2.50 bits per heavy atom. The number of benzene rings is 2. The minimum Gasteiger partial charge on any atom is -0.490 e. The van der Waals surface area contributed by atoms with Crippen molar-refractivity contribution in [1.82, 2.24) is 0 Å². The molecule has 0 amide bonds. The van der Waals surface area contributed by atoms with E-state index in [1.807, 2.05) is 0 Å². The molecule has 1 unspecified atom stereocenters. The molecule has 20 heavy (non-hydrogen) atoms. The molecule has 0 saturated heterocycles. The largest absolute Gasteiger partial charge is 0.490 e. The Morgan fingerprint density at radius 2 is 1.75 bits per heavy atom. The van der Waals surface area contributed by atoms with Crippen LogP contribution in [0, 0.1) is 20.8 Å². The number of aryl methyl sites for hydroxylation is 3. The molecular weight excluding hydrogens is 248 g/mol. The van der Waals surface area contributed by atoms with E-state index in [1.54, 1.807) is 0 Å². The fourth-order valence-electron chi connectivity index (χ4n) is 2.75. The summed E-state index contributed by atoms with van der Waals surface area (Å²) in [7, 11) is 0. The molecule has 2 nitrogen and oxygen atoms in total. The van der Waals surface area contributed by atoms with E-state index < -0.39 is 0 Å². The van der Waals surface area contributed by atoms with Gasteiger partial charge in [-0.1, -0.05) is 23.8 Å². The first kappa shape index (κ1) is 13.0. The van der Waals surface area contributed by atoms with Gasteiger partial charge in [-0.15, -0.1) is 0 Å². The minimum atomic E-state index is 0.118. The van der Waals surface area contributed by atoms with Crippen LogP contribution in [0.5, 0.6) is 11.5 Å². The summed E-state index contributed by atoms with van der Waals surface area (Å²) in [4.78, 5) is 0. The van der Waals surface area contributed by atoms with Crippen molar-refractivity contribution in [2.75, 3.05) is 6.61 Å². The zero-order valence-electron chi connectivity index (χ0n) is 12.3. The monoisotopic (exact) mass is 268 g/mol. The molecular formula is C18H20O2. The van der Waals surface area contributed by atoms with Crippen molar-refractivity contribution in [1.29, 1.82) is 0 Å². The van der Waals surface area contributed by atoms with Gasteiger partial charge in [-0.2, -0.15) is 0 Å². The second kappa shape index (κ2) is 5.20. The average molecular weight is 268 g/mol. The third kappa shape index (κ3) is 2.79. The van der Waals surface area contributed by atoms with Crippen LogP contribution < -0.4 is 9.47 Å². The van der Waals surface area contributed by atoms with Gasteiger partial charge >= 0.3 is 0 Å². The van der Waals surface area contributed by atoms with E-state index in [2.05, 4.69) is 57.2 Å². The number of rotatable bonds is 3. The van der Waals surface area contributed by atoms with E-state index in [1.165, 1.54) is 22.3 Å². The molecule has 1 aliphatic heterocycles. The van der Waals surface area contributed by atoms with Crippen LogP contribution in [0.1, 0.15) is 22.3 Å². The molecule has 0 spiro atoms. The van der Waals surface area contributed by atoms with E-state index in [-0.39, 0.29) is 6.10 Å². The van der Waals surface area contributed by atoms with E-state index in [4.69, 9.17) is 9.47 Å². The maximum atomic E-state index is 5.92. The number of hydrogen-bond acceptors (Lipinski definition) is 2. The van der Waals surface area contributed by atoms with Crippen molar-refractivity contribution >= 4 is 0 Å². The summed E-state index contributed by atoms with van der Waals surface area (Å²) in [5.41, 5.74) is 5.03. The van der Waals surface area contributed by atoms with Crippen LogP contribution in [-0.4, -0.2) is 12.7 Å². The van der Waals surface area contributed by atoms with Crippen molar-refractivity contribution < 1.29 is 9.47 Å². The smallest absolute Gasteiger partial charge is 0.137 e. The third-order valence-electron chi connectivity index (χ3n) is 3.59. The van der Waals surface area contributed by atoms with Gasteiger partial charge < -0.3 is 9.47 Å². The zero-order valence-corrected chi connectivity index (χ0v) is 12.3. The quantitative estimate of drug-likeness (QED) is 0.838. The van der Waals surface area contributed by atoms with Gasteiger partial charge in [0.2, 0.25) is 0 Å². The predicted molar refractivity (Wildman–Crippen MR) is 80.7 cm³/mol. The molecule has 0 aromatic heterocycles. The molecule has 3 rings (SSSR count). The fourth-order valence-corrected chi connectivity index (χ4v) is 2.75. The van der Waals surface area contributed by atoms with Gasteiger partial charge in [0, 0.05) is 6.42 Å². The highest BCUT2D eigenvalue weighted by Crippen LogP contribution is 2.29. The van der Waals surface area contributed by atoms with Crippen molar-refractivity contribution in [2.45, 2.75) is 33.3 Å². The van der Waals surface area contributed by atoms with Gasteiger partial charge in [-0.05, 0) is 55.7 Å². The lowest BCUT2D eigenvalue weighted by Gasteiger charge is -2.13. The van der Waals surface area contributed by atoms with Gasteiger partial charge in [-0.25, -0.2) is 0 Å². The predicted octanol–water partition coefficient (Wildman–Crippen LogP) is 3.99. The topological polar surface area (TPSA) is 18.5 Å². The van der Waals surface area contributed by atoms with Crippen molar-refractivity contribution in [3.05, 3.63) is 58.7 Å². The Kier molecular flexibility index (Phi) is 3.39. The molecule has 1 heterocycles. The van der Waals surface area contributed by atoms with Crippen molar-refractivity contribution in [3.8, 4) is 11.5 Å². The van der Waals surface area contributed by atoms with Crippen LogP contribution in [0.3, 0.4) is 0 Å². The Hall–Kier alpha value is -1.96. The molecule has 0 bridgehead atoms. The molecule has 2 aromatic carbocycles. The standard InChI is InChI=1S/C18H20O2/c1-12-4-5-18-15(7-12)10-17(20-18)11-19-16-8-13(2)6-14(3)9-16/h4-9,17H,10-11H2,1-3H3. The lowest BCUT2D eigenvalue weighted by atomic mass is 10.1. The Labute approximate surface area is 120 Å². The van der Waals surface area contributed by atoms with E-state index >= 15 is 0 Å². The normalized spacial score (nSPS) is 16.6. The third-order valence-corrected chi connectivity index (χ3v) is 3.59. The molecule has 2 heteroatoms. The van der Waals surface area contributed by atoms with Gasteiger partial charge in [-0.3, -0.25) is 0 Å². The number of hydrogen-bond donors (Lipinski definition) is 0. The lowest BCUT2D eigenvalue weighted by Crippen LogP contribution is -2.22. The Balaban J connectivity index is 1.63. The summed E-state index contributed by atoms with van der Waals surface area (Å²) < 4.78 is 11.8. The highest BCUT2D eigenvalue weighted by molar-refractivity contribution is 5.40. The van der Waals surface area contributed by atoms with Gasteiger partial charge in [0.1, 0.15) is 24.2 Å². The molecule has 1 atom stereocenters. The van der Waals surface area contributed by atoms with Crippen LogP contribution in [0.4, 0.5) is 0 Å². The van der Waals surface area contributed by atoms with Crippen molar-refractivity contribution in [3.63, 3.8) is 0 Å². The highest BCUT2D eigenvalue weighted by atomic mass is 16.5. The highest BCUT2D eigenvalue weighted by Gasteiger charge is 2.23. The van der Waals surface area contributed by atoms with Gasteiger partial charge in [0.05, 0.1) is 0 Å². The van der Waals surface area contributed by atoms with Gasteiger partial charge in [0.15, 0.2) is 0 Å². The maximum absolute atomic E-state index is 5.92. The van der Waals surface area contributed by atoms with Crippen LogP contribution in [0.15, 0.2) is 36.4 Å². The SMILES string of the molecule is Cc1cc(C)cc(OCC2Cc3cc(C)ccc3O2)c1. The summed E-state index contributed by atoms with van der Waals surface area (Å²) in [6.07, 6.45) is 1.05. The summed E-state index contributed by atoms with van der Waals surface area (Å²) >= 11 is 0. The van der Waals surface area contributed by atoms with E-state index in [9.17, 15) is 0 Å². The summed E-state index contributed by atoms with van der Waals surface area (Å²) in [6, 6.07) is 12.6. The average Bonchev–Trinajstić information content (AvgIpc) is 2.77. The van der Waals surface area contributed by atoms with E-state index in [0.29, 0.717) is 6.61 Å². The number of ether oxygens (including phenoxy) is 2. The second-order valence-corrected chi connectivity index (χ2v) is 5.69. The van der Waals surface area contributed by atoms with Crippen LogP contribution in [0.2, 0.25) is 0 Å². The second-order valence-electron chi connectivity index (χ2n) is 5.69. The molecule has 0 aliphatic carbocycles. The fraction of sp³-hybridized carbons (Fsp3) is 0.333. The van der Waals surface area contributed by atoms with E-state index in [0.717, 1.165) is 17.9 Å². The minimum absolute atomic E-state index is 0.118. The summed E-state index contributed by atoms with van der Waals surface area (Å²) in [5.74, 6) is 1.93. The zero-order chi connectivity index (χ0) is 14.1. The van der Waals surface area contributed by atoms with Crippen LogP contribution in [0.25, 0.3) is 0 Å². The molecule has 104 valence electrons. The maximum Gasteiger partial charge on any atom is 0.137 e. The molecule has 2 aromatic rings. The van der Waals surface area contributed by atoms with Gasteiger partial charge in [0.25, 0.3) is 0 Å². The van der Waals surface area contributed by atoms with Crippen LogP contribution in [-0.2, 0) is 6.42 Å². The number of fused-ring (bicyclic) bond motifs is 1. The molecule has 0 N–H and O–H groups in total. The molecule has 0 radical (unpaired) electrons. The summed E-state index contributed by atoms with van der Waals surface area (Å²) in [5, 5.41) is 0. The lowest BCUT2D eigenvalue weighted by molar-refractivity contribution is 0.148.